The molecule has 15 heavy (non-hydrogen) atoms. The summed E-state index contributed by atoms with van der Waals surface area (Å²) in [6.07, 6.45) is 3.23. The first kappa shape index (κ1) is 11.6. The van der Waals surface area contributed by atoms with Crippen LogP contribution >= 0.6 is 0 Å². The molecule has 0 saturated carbocycles. The molecule has 1 N–H and O–H groups in total. The van der Waals surface area contributed by atoms with Crippen molar-refractivity contribution in [2.24, 2.45) is 0 Å². The maximum absolute atomic E-state index is 11.3. The molecule has 1 amide bonds. The van der Waals surface area contributed by atoms with Gasteiger partial charge in [-0.2, -0.15) is 0 Å². The molecule has 0 saturated heterocycles. The number of rotatable bonds is 3. The molecule has 1 atom stereocenters. The van der Waals surface area contributed by atoms with Crippen LogP contribution < -0.4 is 5.32 Å². The first-order valence-electron chi connectivity index (χ1n) is 5.04. The van der Waals surface area contributed by atoms with Gasteiger partial charge in [-0.15, -0.1) is 0 Å². The molecule has 0 aliphatic rings. The van der Waals surface area contributed by atoms with Crippen molar-refractivity contribution in [1.82, 2.24) is 5.32 Å². The third-order valence-electron chi connectivity index (χ3n) is 2.22. The lowest BCUT2D eigenvalue weighted by Gasteiger charge is -2.11. The zero-order valence-electron chi connectivity index (χ0n) is 9.63. The molecule has 0 aromatic carbocycles. The minimum Gasteiger partial charge on any atom is -0.466 e. The molecule has 3 heteroatoms. The van der Waals surface area contributed by atoms with Gasteiger partial charge in [-0.05, 0) is 39.8 Å². The number of allylic oxidation sites excluding steroid dienone is 1. The van der Waals surface area contributed by atoms with Crippen LogP contribution in [-0.2, 0) is 4.79 Å². The van der Waals surface area contributed by atoms with Crippen LogP contribution in [0, 0.1) is 13.8 Å². The Morgan fingerprint density at radius 1 is 1.53 bits per heavy atom. The normalized spacial score (nSPS) is 13.1. The smallest absolute Gasteiger partial charge is 0.244 e. The Hall–Kier alpha value is -1.51. The van der Waals surface area contributed by atoms with Crippen molar-refractivity contribution in [2.45, 2.75) is 33.7 Å². The van der Waals surface area contributed by atoms with E-state index in [0.29, 0.717) is 0 Å². The number of carbonyl (C=O) groups is 1. The van der Waals surface area contributed by atoms with E-state index in [9.17, 15) is 4.79 Å². The van der Waals surface area contributed by atoms with Crippen LogP contribution in [0.2, 0.25) is 0 Å². The molecule has 1 heterocycles. The Morgan fingerprint density at radius 3 is 2.67 bits per heavy atom. The van der Waals surface area contributed by atoms with Crippen molar-refractivity contribution in [2.75, 3.05) is 0 Å². The number of aryl methyl sites for hydroxylation is 2. The van der Waals surface area contributed by atoms with Gasteiger partial charge in [0.25, 0.3) is 0 Å². The highest BCUT2D eigenvalue weighted by atomic mass is 16.3. The SMILES string of the molecule is C/C=C/C(=O)NC(C)c1cc(C)oc1C. The molecule has 0 aliphatic carbocycles. The fourth-order valence-corrected chi connectivity index (χ4v) is 1.57. The molecular weight excluding hydrogens is 190 g/mol. The van der Waals surface area contributed by atoms with E-state index in [4.69, 9.17) is 4.42 Å². The molecule has 1 aromatic rings. The van der Waals surface area contributed by atoms with E-state index in [2.05, 4.69) is 5.32 Å². The summed E-state index contributed by atoms with van der Waals surface area (Å²) in [6.45, 7) is 7.56. The minimum atomic E-state index is -0.0803. The summed E-state index contributed by atoms with van der Waals surface area (Å²) in [6, 6.07) is 1.93. The number of amides is 1. The van der Waals surface area contributed by atoms with Crippen LogP contribution in [0.1, 0.15) is 37.0 Å². The Labute approximate surface area is 90.2 Å². The van der Waals surface area contributed by atoms with Gasteiger partial charge in [0.1, 0.15) is 11.5 Å². The van der Waals surface area contributed by atoms with Gasteiger partial charge in [0, 0.05) is 5.56 Å². The van der Waals surface area contributed by atoms with Crippen molar-refractivity contribution < 1.29 is 9.21 Å². The zero-order valence-corrected chi connectivity index (χ0v) is 9.63. The second-order valence-corrected chi connectivity index (χ2v) is 3.60. The Kier molecular flexibility index (Phi) is 3.72. The third-order valence-corrected chi connectivity index (χ3v) is 2.22. The maximum atomic E-state index is 11.3. The molecule has 0 bridgehead atoms. The number of carbonyl (C=O) groups excluding carboxylic acids is 1. The molecule has 3 nitrogen and oxygen atoms in total. The van der Waals surface area contributed by atoms with Crippen molar-refractivity contribution in [3.8, 4) is 0 Å². The first-order chi connectivity index (χ1) is 7.04. The van der Waals surface area contributed by atoms with Crippen molar-refractivity contribution in [3.63, 3.8) is 0 Å². The van der Waals surface area contributed by atoms with E-state index in [1.807, 2.05) is 33.8 Å². The molecule has 0 aliphatic heterocycles. The minimum absolute atomic E-state index is 0.0221. The quantitative estimate of drug-likeness (QED) is 0.774. The number of furan rings is 1. The van der Waals surface area contributed by atoms with Gasteiger partial charge in [-0.25, -0.2) is 0 Å². The lowest BCUT2D eigenvalue weighted by Crippen LogP contribution is -2.24. The monoisotopic (exact) mass is 207 g/mol. The second-order valence-electron chi connectivity index (χ2n) is 3.60. The fourth-order valence-electron chi connectivity index (χ4n) is 1.57. The van der Waals surface area contributed by atoms with E-state index in [1.54, 1.807) is 6.08 Å². The Balaban J connectivity index is 2.72. The average molecular weight is 207 g/mol. The first-order valence-corrected chi connectivity index (χ1v) is 5.04. The summed E-state index contributed by atoms with van der Waals surface area (Å²) in [5.41, 5.74) is 1.03. The van der Waals surface area contributed by atoms with Crippen molar-refractivity contribution in [3.05, 3.63) is 35.3 Å². The molecule has 1 rings (SSSR count). The van der Waals surface area contributed by atoms with Gasteiger partial charge in [-0.3, -0.25) is 4.79 Å². The number of hydrogen-bond donors (Lipinski definition) is 1. The third kappa shape index (κ3) is 2.98. The average Bonchev–Trinajstić information content (AvgIpc) is 2.45. The lowest BCUT2D eigenvalue weighted by atomic mass is 10.1. The highest BCUT2D eigenvalue weighted by molar-refractivity contribution is 5.87. The van der Waals surface area contributed by atoms with Crippen LogP contribution in [0.5, 0.6) is 0 Å². The van der Waals surface area contributed by atoms with E-state index in [-0.39, 0.29) is 11.9 Å². The van der Waals surface area contributed by atoms with Gasteiger partial charge in [0.2, 0.25) is 5.91 Å². The predicted octanol–water partition coefficient (Wildman–Crippen LogP) is 2.65. The largest absolute Gasteiger partial charge is 0.466 e. The predicted molar refractivity (Wildman–Crippen MR) is 59.6 cm³/mol. The van der Waals surface area contributed by atoms with Crippen molar-refractivity contribution >= 4 is 5.91 Å². The Morgan fingerprint density at radius 2 is 2.20 bits per heavy atom. The standard InChI is InChI=1S/C12H17NO2/c1-5-6-12(14)13-9(3)11-7-8(2)15-10(11)4/h5-7,9H,1-4H3,(H,13,14)/b6-5+. The summed E-state index contributed by atoms with van der Waals surface area (Å²) in [4.78, 5) is 11.3. The van der Waals surface area contributed by atoms with Crippen LogP contribution in [0.25, 0.3) is 0 Å². The van der Waals surface area contributed by atoms with Gasteiger partial charge < -0.3 is 9.73 Å². The molecule has 82 valence electrons. The fraction of sp³-hybridized carbons (Fsp3) is 0.417. The maximum Gasteiger partial charge on any atom is 0.244 e. The van der Waals surface area contributed by atoms with Crippen LogP contribution in [-0.4, -0.2) is 5.91 Å². The Bertz CT molecular complexity index is 377. The number of hydrogen-bond acceptors (Lipinski definition) is 2. The molecule has 0 radical (unpaired) electrons. The topological polar surface area (TPSA) is 42.2 Å². The highest BCUT2D eigenvalue weighted by Crippen LogP contribution is 2.20. The summed E-state index contributed by atoms with van der Waals surface area (Å²) in [7, 11) is 0. The highest BCUT2D eigenvalue weighted by Gasteiger charge is 2.13. The second kappa shape index (κ2) is 4.82. The van der Waals surface area contributed by atoms with Crippen LogP contribution in [0.15, 0.2) is 22.6 Å². The van der Waals surface area contributed by atoms with Gasteiger partial charge in [-0.1, -0.05) is 6.08 Å². The molecular formula is C12H17NO2. The summed E-state index contributed by atoms with van der Waals surface area (Å²) < 4.78 is 5.41. The lowest BCUT2D eigenvalue weighted by molar-refractivity contribution is -0.117. The van der Waals surface area contributed by atoms with E-state index in [1.165, 1.54) is 6.08 Å². The summed E-state index contributed by atoms with van der Waals surface area (Å²) in [5.74, 6) is 1.65. The zero-order chi connectivity index (χ0) is 11.4. The molecule has 1 aromatic heterocycles. The van der Waals surface area contributed by atoms with E-state index < -0.39 is 0 Å². The van der Waals surface area contributed by atoms with E-state index in [0.717, 1.165) is 17.1 Å². The van der Waals surface area contributed by atoms with Crippen molar-refractivity contribution in [1.29, 1.82) is 0 Å². The molecule has 1 unspecified atom stereocenters. The number of nitrogens with one attached hydrogen (secondary N) is 1. The van der Waals surface area contributed by atoms with Gasteiger partial charge in [0.05, 0.1) is 6.04 Å². The van der Waals surface area contributed by atoms with Gasteiger partial charge in [0.15, 0.2) is 0 Å². The summed E-state index contributed by atoms with van der Waals surface area (Å²) in [5, 5.41) is 2.87. The van der Waals surface area contributed by atoms with Crippen LogP contribution in [0.3, 0.4) is 0 Å². The molecule has 0 spiro atoms. The van der Waals surface area contributed by atoms with Gasteiger partial charge >= 0.3 is 0 Å². The summed E-state index contributed by atoms with van der Waals surface area (Å²) >= 11 is 0. The molecule has 0 fully saturated rings. The van der Waals surface area contributed by atoms with Crippen LogP contribution in [0.4, 0.5) is 0 Å². The van der Waals surface area contributed by atoms with E-state index >= 15 is 0 Å².